The molecule has 4 nitrogen and oxygen atoms in total. The molecule has 20 heavy (non-hydrogen) atoms. The summed E-state index contributed by atoms with van der Waals surface area (Å²) in [7, 11) is 0. The van der Waals surface area contributed by atoms with E-state index in [0.717, 1.165) is 22.0 Å². The van der Waals surface area contributed by atoms with Crippen molar-refractivity contribution in [2.75, 3.05) is 6.54 Å². The largest absolute Gasteiger partial charge is 0.330 e. The van der Waals surface area contributed by atoms with Gasteiger partial charge in [-0.25, -0.2) is 9.67 Å². The predicted molar refractivity (Wildman–Crippen MR) is 83.7 cm³/mol. The third-order valence-corrected chi connectivity index (χ3v) is 4.67. The molecule has 2 N–H and O–H groups in total. The van der Waals surface area contributed by atoms with Crippen molar-refractivity contribution in [3.8, 4) is 5.13 Å². The van der Waals surface area contributed by atoms with Gasteiger partial charge in [0, 0.05) is 11.3 Å². The molecule has 3 aromatic rings. The summed E-state index contributed by atoms with van der Waals surface area (Å²) in [6, 6.07) is 8.17. The standard InChI is InChI=1S/C15H18N4S/c1-9(8-16)14-10(2)18-19(11(14)3)15-17-12-6-4-5-7-13(12)20-15/h4-7,9H,8,16H2,1-3H3. The zero-order valence-corrected chi connectivity index (χ0v) is 12.7. The van der Waals surface area contributed by atoms with Crippen molar-refractivity contribution >= 4 is 21.6 Å². The van der Waals surface area contributed by atoms with Gasteiger partial charge in [0.25, 0.3) is 0 Å². The third-order valence-electron chi connectivity index (χ3n) is 3.66. The number of benzene rings is 1. The van der Waals surface area contributed by atoms with Gasteiger partial charge in [-0.1, -0.05) is 30.4 Å². The van der Waals surface area contributed by atoms with E-state index in [1.165, 1.54) is 10.3 Å². The van der Waals surface area contributed by atoms with Crippen LogP contribution in [0.25, 0.3) is 15.3 Å². The van der Waals surface area contributed by atoms with E-state index in [0.29, 0.717) is 12.5 Å². The normalized spacial score (nSPS) is 13.0. The molecule has 3 rings (SSSR count). The maximum atomic E-state index is 5.80. The number of rotatable bonds is 3. The van der Waals surface area contributed by atoms with Crippen LogP contribution in [-0.2, 0) is 0 Å². The van der Waals surface area contributed by atoms with E-state index in [4.69, 9.17) is 5.73 Å². The fourth-order valence-electron chi connectivity index (χ4n) is 2.62. The number of hydrogen-bond donors (Lipinski definition) is 1. The van der Waals surface area contributed by atoms with Crippen LogP contribution in [0.1, 0.15) is 29.8 Å². The molecular weight excluding hydrogens is 268 g/mol. The SMILES string of the molecule is Cc1nn(-c2nc3ccccc3s2)c(C)c1C(C)CN. The molecule has 1 atom stereocenters. The Hall–Kier alpha value is -1.72. The van der Waals surface area contributed by atoms with Crippen LogP contribution in [0.5, 0.6) is 0 Å². The van der Waals surface area contributed by atoms with E-state index in [-0.39, 0.29) is 0 Å². The van der Waals surface area contributed by atoms with Crippen LogP contribution in [0.3, 0.4) is 0 Å². The topological polar surface area (TPSA) is 56.7 Å². The highest BCUT2D eigenvalue weighted by Crippen LogP contribution is 2.29. The molecule has 0 bridgehead atoms. The number of nitrogens with zero attached hydrogens (tertiary/aromatic N) is 3. The molecule has 0 aliphatic carbocycles. The van der Waals surface area contributed by atoms with Gasteiger partial charge in [-0.15, -0.1) is 0 Å². The second-order valence-corrected chi connectivity index (χ2v) is 6.11. The van der Waals surface area contributed by atoms with Crippen molar-refractivity contribution in [2.24, 2.45) is 5.73 Å². The molecule has 0 saturated carbocycles. The van der Waals surface area contributed by atoms with E-state index >= 15 is 0 Å². The van der Waals surface area contributed by atoms with Gasteiger partial charge < -0.3 is 5.73 Å². The lowest BCUT2D eigenvalue weighted by Gasteiger charge is -2.08. The molecule has 0 aliphatic rings. The molecule has 2 heterocycles. The summed E-state index contributed by atoms with van der Waals surface area (Å²) in [6.45, 7) is 6.90. The van der Waals surface area contributed by atoms with Gasteiger partial charge in [0.05, 0.1) is 15.9 Å². The van der Waals surface area contributed by atoms with E-state index < -0.39 is 0 Å². The Labute approximate surface area is 122 Å². The molecule has 1 aromatic carbocycles. The Morgan fingerprint density at radius 1 is 1.30 bits per heavy atom. The molecule has 0 spiro atoms. The smallest absolute Gasteiger partial charge is 0.211 e. The Morgan fingerprint density at radius 3 is 2.75 bits per heavy atom. The number of aromatic nitrogens is 3. The molecule has 0 fully saturated rings. The minimum atomic E-state index is 0.318. The third kappa shape index (κ3) is 2.03. The van der Waals surface area contributed by atoms with Crippen LogP contribution < -0.4 is 5.73 Å². The lowest BCUT2D eigenvalue weighted by molar-refractivity contribution is 0.759. The van der Waals surface area contributed by atoms with Crippen LogP contribution in [0.2, 0.25) is 0 Å². The molecule has 0 saturated heterocycles. The van der Waals surface area contributed by atoms with Crippen molar-refractivity contribution < 1.29 is 0 Å². The lowest BCUT2D eigenvalue weighted by atomic mass is 10.00. The molecule has 5 heteroatoms. The van der Waals surface area contributed by atoms with Gasteiger partial charge in [0.2, 0.25) is 5.13 Å². The number of nitrogens with two attached hydrogens (primary N) is 1. The highest BCUT2D eigenvalue weighted by Gasteiger charge is 2.19. The first-order valence-corrected chi connectivity index (χ1v) is 7.55. The monoisotopic (exact) mass is 286 g/mol. The Morgan fingerprint density at radius 2 is 2.05 bits per heavy atom. The number of aryl methyl sites for hydroxylation is 1. The van der Waals surface area contributed by atoms with Crippen molar-refractivity contribution in [3.05, 3.63) is 41.2 Å². The van der Waals surface area contributed by atoms with Gasteiger partial charge in [0.15, 0.2) is 0 Å². The average Bonchev–Trinajstić information content (AvgIpc) is 2.99. The summed E-state index contributed by atoms with van der Waals surface area (Å²) >= 11 is 1.66. The van der Waals surface area contributed by atoms with Crippen molar-refractivity contribution in [1.29, 1.82) is 0 Å². The Kier molecular flexibility index (Phi) is 3.31. The molecule has 1 unspecified atom stereocenters. The maximum absolute atomic E-state index is 5.80. The quantitative estimate of drug-likeness (QED) is 0.804. The van der Waals surface area contributed by atoms with E-state index in [1.54, 1.807) is 11.3 Å². The second-order valence-electron chi connectivity index (χ2n) is 5.10. The van der Waals surface area contributed by atoms with E-state index in [9.17, 15) is 0 Å². The van der Waals surface area contributed by atoms with Crippen LogP contribution in [0, 0.1) is 13.8 Å². The lowest BCUT2D eigenvalue weighted by Crippen LogP contribution is -2.10. The minimum Gasteiger partial charge on any atom is -0.330 e. The summed E-state index contributed by atoms with van der Waals surface area (Å²) in [5.74, 6) is 0.318. The van der Waals surface area contributed by atoms with Gasteiger partial charge in [-0.05, 0) is 38.4 Å². The molecule has 0 aliphatic heterocycles. The van der Waals surface area contributed by atoms with Crippen molar-refractivity contribution in [1.82, 2.24) is 14.8 Å². The van der Waals surface area contributed by atoms with Crippen LogP contribution >= 0.6 is 11.3 Å². The Bertz CT molecular complexity index is 723. The molecule has 2 aromatic heterocycles. The number of hydrogen-bond acceptors (Lipinski definition) is 4. The molecule has 104 valence electrons. The molecular formula is C15H18N4S. The molecule has 0 amide bonds. The van der Waals surface area contributed by atoms with Crippen LogP contribution in [0.4, 0.5) is 0 Å². The fraction of sp³-hybridized carbons (Fsp3) is 0.333. The fourth-order valence-corrected chi connectivity index (χ4v) is 3.59. The zero-order chi connectivity index (χ0) is 14.3. The minimum absolute atomic E-state index is 0.318. The summed E-state index contributed by atoms with van der Waals surface area (Å²) in [6.07, 6.45) is 0. The average molecular weight is 286 g/mol. The highest BCUT2D eigenvalue weighted by atomic mass is 32.1. The summed E-state index contributed by atoms with van der Waals surface area (Å²) in [5.41, 5.74) is 10.2. The van der Waals surface area contributed by atoms with Gasteiger partial charge >= 0.3 is 0 Å². The first-order valence-electron chi connectivity index (χ1n) is 6.74. The van der Waals surface area contributed by atoms with Crippen molar-refractivity contribution in [2.45, 2.75) is 26.7 Å². The van der Waals surface area contributed by atoms with Gasteiger partial charge in [-0.3, -0.25) is 0 Å². The van der Waals surface area contributed by atoms with E-state index in [2.05, 4.69) is 30.0 Å². The summed E-state index contributed by atoms with van der Waals surface area (Å²) in [4.78, 5) is 4.67. The van der Waals surface area contributed by atoms with Crippen LogP contribution in [0.15, 0.2) is 24.3 Å². The molecule has 0 radical (unpaired) electrons. The summed E-state index contributed by atoms with van der Waals surface area (Å²) in [5, 5.41) is 5.57. The zero-order valence-electron chi connectivity index (χ0n) is 11.9. The van der Waals surface area contributed by atoms with Crippen molar-refractivity contribution in [3.63, 3.8) is 0 Å². The van der Waals surface area contributed by atoms with Gasteiger partial charge in [0.1, 0.15) is 0 Å². The van der Waals surface area contributed by atoms with Crippen LogP contribution in [-0.4, -0.2) is 21.3 Å². The Balaban J connectivity index is 2.15. The predicted octanol–water partition coefficient (Wildman–Crippen LogP) is 3.16. The number of fused-ring (bicyclic) bond motifs is 1. The first kappa shape index (κ1) is 13.3. The highest BCUT2D eigenvalue weighted by molar-refractivity contribution is 7.20. The second kappa shape index (κ2) is 5.00. The number of thiazole rings is 1. The first-order chi connectivity index (χ1) is 9.61. The van der Waals surface area contributed by atoms with E-state index in [1.807, 2.05) is 29.8 Å². The summed E-state index contributed by atoms with van der Waals surface area (Å²) < 4.78 is 3.13. The van der Waals surface area contributed by atoms with Gasteiger partial charge in [-0.2, -0.15) is 5.10 Å². The maximum Gasteiger partial charge on any atom is 0.211 e. The number of para-hydroxylation sites is 1.